The molecule has 0 aliphatic heterocycles. The van der Waals surface area contributed by atoms with Gasteiger partial charge in [-0.25, -0.2) is 0 Å². The third-order valence-electron chi connectivity index (χ3n) is 2.07. The summed E-state index contributed by atoms with van der Waals surface area (Å²) < 4.78 is 0. The van der Waals surface area contributed by atoms with Gasteiger partial charge in [-0.2, -0.15) is 0 Å². The van der Waals surface area contributed by atoms with E-state index >= 15 is 0 Å². The van der Waals surface area contributed by atoms with E-state index in [4.69, 9.17) is 0 Å². The molecule has 0 unspecified atom stereocenters. The molecule has 0 saturated heterocycles. The fourth-order valence-electron chi connectivity index (χ4n) is 1.46. The lowest BCUT2D eigenvalue weighted by Gasteiger charge is -2.00. The van der Waals surface area contributed by atoms with E-state index in [1.54, 1.807) is 0 Å². The Morgan fingerprint density at radius 3 is 2.43 bits per heavy atom. The minimum Gasteiger partial charge on any atom is -0.0616 e. The molecule has 2 aromatic carbocycles. The number of hydrogen-bond donors (Lipinski definition) is 0. The fraction of sp³-hybridized carbons (Fsp3) is 0. The van der Waals surface area contributed by atoms with Gasteiger partial charge in [-0.3, -0.25) is 0 Å². The molecule has 0 spiro atoms. The molecule has 2 heteroatoms. The molecule has 0 N–H and O–H groups in total. The van der Waals surface area contributed by atoms with Crippen molar-refractivity contribution in [2.75, 3.05) is 0 Å². The quantitative estimate of drug-likeness (QED) is 0.695. The maximum Gasteiger partial charge on any atom is -0.0111 e. The van der Waals surface area contributed by atoms with Crippen molar-refractivity contribution in [3.8, 4) is 0 Å². The topological polar surface area (TPSA) is 0 Å². The normalized spacial score (nSPS) is 10.4. The maximum atomic E-state index is 3.29. The summed E-state index contributed by atoms with van der Waals surface area (Å²) in [5, 5.41) is 2.58. The van der Waals surface area contributed by atoms with Crippen LogP contribution < -0.4 is 0 Å². The Bertz CT molecular complexity index is 444. The van der Waals surface area contributed by atoms with Crippen LogP contribution in [0.3, 0.4) is 0 Å². The van der Waals surface area contributed by atoms with Crippen molar-refractivity contribution in [2.24, 2.45) is 0 Å². The van der Waals surface area contributed by atoms with Gasteiger partial charge in [0, 0.05) is 0 Å². The van der Waals surface area contributed by atoms with Gasteiger partial charge in [0.2, 0.25) is 0 Å². The monoisotopic (exact) mass is 264 g/mol. The Kier molecular flexibility index (Phi) is 4.11. The van der Waals surface area contributed by atoms with Crippen molar-refractivity contribution < 1.29 is 0 Å². The number of fused-ring (bicyclic) bond motifs is 1. The van der Waals surface area contributed by atoms with Gasteiger partial charge in [0.15, 0.2) is 0 Å². The average molecular weight is 265 g/mol. The van der Waals surface area contributed by atoms with Crippen molar-refractivity contribution >= 4 is 43.7 Å². The van der Waals surface area contributed by atoms with Crippen LogP contribution in [0.25, 0.3) is 16.8 Å². The molecule has 2 aromatic rings. The van der Waals surface area contributed by atoms with Gasteiger partial charge in [-0.1, -0.05) is 58.4 Å². The predicted octanol–water partition coefficient (Wildman–Crippen LogP) is 2.75. The molecule has 0 heterocycles. The highest BCUT2D eigenvalue weighted by Gasteiger charge is 1.94. The number of hydrogen-bond acceptors (Lipinski definition) is 0. The molecule has 0 atom stereocenters. The smallest absolute Gasteiger partial charge is 0.0111 e. The van der Waals surface area contributed by atoms with Crippen LogP contribution >= 0.6 is 15.9 Å². The summed E-state index contributed by atoms with van der Waals surface area (Å²) >= 11 is 3.29. The van der Waals surface area contributed by atoms with Crippen LogP contribution in [-0.2, 0) is 0 Å². The van der Waals surface area contributed by atoms with Crippen LogP contribution in [0.5, 0.6) is 0 Å². The second kappa shape index (κ2) is 5.13. The second-order valence-corrected chi connectivity index (χ2v) is 3.39. The molecule has 2 rings (SSSR count). The molecular weight excluding hydrogens is 252 g/mol. The number of benzene rings is 2. The maximum absolute atomic E-state index is 3.29. The van der Waals surface area contributed by atoms with Gasteiger partial charge < -0.3 is 0 Å². The van der Waals surface area contributed by atoms with Crippen LogP contribution in [-0.4, -0.2) is 11.0 Å². The molecule has 0 aliphatic rings. The zero-order chi connectivity index (χ0) is 9.10. The summed E-state index contributed by atoms with van der Waals surface area (Å²) in [6.07, 6.45) is 2.06. The van der Waals surface area contributed by atoms with E-state index in [2.05, 4.69) is 64.5 Å². The lowest BCUT2D eigenvalue weighted by Crippen LogP contribution is -1.76. The van der Waals surface area contributed by atoms with E-state index < -0.39 is 0 Å². The summed E-state index contributed by atoms with van der Waals surface area (Å²) in [5.41, 5.74) is 1.25. The van der Waals surface area contributed by atoms with E-state index in [0.717, 1.165) is 0 Å². The standard InChI is InChI=1S/C12H9Br.H4Si/c13-9-8-11-6-3-5-10-4-1-2-7-12(10)11;/h1-9H;1H4. The van der Waals surface area contributed by atoms with Gasteiger partial charge in [0.05, 0.1) is 0 Å². The summed E-state index contributed by atoms with van der Waals surface area (Å²) in [7, 11) is 0. The average Bonchev–Trinajstić information content (AvgIpc) is 2.19. The SMILES string of the molecule is BrC=Cc1cccc2ccccc12.[SiH4]. The summed E-state index contributed by atoms with van der Waals surface area (Å²) in [6, 6.07) is 14.7. The van der Waals surface area contributed by atoms with Crippen LogP contribution in [0, 0.1) is 0 Å². The first-order chi connectivity index (χ1) is 6.42. The van der Waals surface area contributed by atoms with E-state index in [1.807, 2.05) is 4.99 Å². The summed E-state index contributed by atoms with van der Waals surface area (Å²) in [4.78, 5) is 1.88. The van der Waals surface area contributed by atoms with Gasteiger partial charge in [0.25, 0.3) is 0 Å². The first kappa shape index (κ1) is 11.2. The highest BCUT2D eigenvalue weighted by atomic mass is 79.9. The fourth-order valence-corrected chi connectivity index (χ4v) is 1.75. The minimum absolute atomic E-state index is 0. The van der Waals surface area contributed by atoms with E-state index in [0.29, 0.717) is 0 Å². The largest absolute Gasteiger partial charge is 0.0616 e. The minimum atomic E-state index is 0. The molecule has 14 heavy (non-hydrogen) atoms. The van der Waals surface area contributed by atoms with Crippen molar-refractivity contribution in [3.05, 3.63) is 53.0 Å². The highest BCUT2D eigenvalue weighted by molar-refractivity contribution is 9.11. The number of rotatable bonds is 1. The van der Waals surface area contributed by atoms with Gasteiger partial charge in [-0.15, -0.1) is 0 Å². The third kappa shape index (κ3) is 2.14. The molecule has 0 amide bonds. The van der Waals surface area contributed by atoms with Crippen LogP contribution in [0.2, 0.25) is 0 Å². The molecular formula is C12H13BrSi. The van der Waals surface area contributed by atoms with Gasteiger partial charge >= 0.3 is 0 Å². The zero-order valence-electron chi connectivity index (χ0n) is 7.07. The Labute approximate surface area is 96.8 Å². The van der Waals surface area contributed by atoms with E-state index in [-0.39, 0.29) is 11.0 Å². The molecule has 72 valence electrons. The van der Waals surface area contributed by atoms with Crippen molar-refractivity contribution in [2.45, 2.75) is 0 Å². The van der Waals surface area contributed by atoms with E-state index in [9.17, 15) is 0 Å². The molecule has 0 aromatic heterocycles. The molecule has 0 aliphatic carbocycles. The Hall–Kier alpha value is -0.863. The van der Waals surface area contributed by atoms with Gasteiger partial charge in [-0.05, 0) is 38.4 Å². The summed E-state index contributed by atoms with van der Waals surface area (Å²) in [5.74, 6) is 0. The molecule has 0 fully saturated rings. The number of halogens is 1. The summed E-state index contributed by atoms with van der Waals surface area (Å²) in [6.45, 7) is 0. The Balaban J connectivity index is 0.000000980. The lowest BCUT2D eigenvalue weighted by molar-refractivity contribution is 1.72. The molecule has 0 nitrogen and oxygen atoms in total. The first-order valence-electron chi connectivity index (χ1n) is 4.16. The van der Waals surface area contributed by atoms with Crippen molar-refractivity contribution in [1.82, 2.24) is 0 Å². The van der Waals surface area contributed by atoms with Gasteiger partial charge in [0.1, 0.15) is 0 Å². The molecule has 0 saturated carbocycles. The van der Waals surface area contributed by atoms with Crippen LogP contribution in [0.1, 0.15) is 5.56 Å². The Morgan fingerprint density at radius 1 is 0.929 bits per heavy atom. The zero-order valence-corrected chi connectivity index (χ0v) is 8.66. The molecule has 0 bridgehead atoms. The molecule has 0 radical (unpaired) electrons. The second-order valence-electron chi connectivity index (χ2n) is 2.86. The lowest BCUT2D eigenvalue weighted by atomic mass is 10.1. The van der Waals surface area contributed by atoms with Crippen LogP contribution in [0.4, 0.5) is 0 Å². The van der Waals surface area contributed by atoms with E-state index in [1.165, 1.54) is 16.3 Å². The van der Waals surface area contributed by atoms with Crippen molar-refractivity contribution in [3.63, 3.8) is 0 Å². The highest BCUT2D eigenvalue weighted by Crippen LogP contribution is 2.19. The van der Waals surface area contributed by atoms with Crippen molar-refractivity contribution in [1.29, 1.82) is 0 Å². The Morgan fingerprint density at radius 2 is 1.64 bits per heavy atom. The van der Waals surface area contributed by atoms with Crippen LogP contribution in [0.15, 0.2) is 47.4 Å². The predicted molar refractivity (Wildman–Crippen MR) is 73.2 cm³/mol. The first-order valence-corrected chi connectivity index (χ1v) is 5.08. The third-order valence-corrected chi connectivity index (χ3v) is 2.33.